The molecule has 1 fully saturated rings. The van der Waals surface area contributed by atoms with Crippen LogP contribution in [0, 0.1) is 10.1 Å². The number of nitrogens with zero attached hydrogens (tertiary/aromatic N) is 2. The van der Waals surface area contributed by atoms with Crippen molar-refractivity contribution in [3.05, 3.63) is 67.0 Å². The van der Waals surface area contributed by atoms with Crippen LogP contribution in [0.4, 0.5) is 10.5 Å². The lowest BCUT2D eigenvalue weighted by Crippen LogP contribution is -2.27. The maximum absolute atomic E-state index is 12.7. The first-order valence-electron chi connectivity index (χ1n) is 8.01. The molecule has 2 aliphatic rings. The number of rotatable bonds is 4. The smallest absolute Gasteiger partial charge is 0.293 e. The Morgan fingerprint density at radius 1 is 1.21 bits per heavy atom. The number of benzene rings is 2. The molecule has 0 aliphatic carbocycles. The first-order valence-corrected chi connectivity index (χ1v) is 9.62. The van der Waals surface area contributed by atoms with Crippen molar-refractivity contribution in [2.45, 2.75) is 6.54 Å². The van der Waals surface area contributed by atoms with Crippen LogP contribution in [0.1, 0.15) is 11.1 Å². The summed E-state index contributed by atoms with van der Waals surface area (Å²) in [4.78, 5) is 37.1. The van der Waals surface area contributed by atoms with E-state index in [2.05, 4.69) is 15.9 Å². The Morgan fingerprint density at radius 2 is 1.93 bits per heavy atom. The van der Waals surface area contributed by atoms with Gasteiger partial charge in [-0.05, 0) is 35.5 Å². The van der Waals surface area contributed by atoms with Crippen molar-refractivity contribution in [3.63, 3.8) is 0 Å². The van der Waals surface area contributed by atoms with Crippen LogP contribution in [0.3, 0.4) is 0 Å². The molecular weight excluding hydrogens is 452 g/mol. The highest BCUT2D eigenvalue weighted by Gasteiger charge is 2.36. The number of carbonyl (C=O) groups is 2. The third-order valence-corrected chi connectivity index (χ3v) is 5.85. The number of amides is 2. The molecule has 1 saturated heterocycles. The SMILES string of the molecule is O=C1S/C(=C\c2cc3c(cc2[N+](=O)[O-])OCO3)C(=O)N1Cc1ccccc1Br. The zero-order valence-corrected chi connectivity index (χ0v) is 16.5. The Balaban J connectivity index is 1.66. The molecule has 2 heterocycles. The normalized spacial score (nSPS) is 16.9. The van der Waals surface area contributed by atoms with Gasteiger partial charge in [-0.2, -0.15) is 0 Å². The van der Waals surface area contributed by atoms with E-state index < -0.39 is 16.1 Å². The van der Waals surface area contributed by atoms with Gasteiger partial charge in [0, 0.05) is 4.47 Å². The Morgan fingerprint density at radius 3 is 2.64 bits per heavy atom. The van der Waals surface area contributed by atoms with Crippen molar-refractivity contribution < 1.29 is 24.0 Å². The Kier molecular flexibility index (Phi) is 4.82. The van der Waals surface area contributed by atoms with Gasteiger partial charge >= 0.3 is 0 Å². The summed E-state index contributed by atoms with van der Waals surface area (Å²) in [5.74, 6) is 0.118. The number of hydrogen-bond acceptors (Lipinski definition) is 7. The number of nitro benzene ring substituents is 1. The summed E-state index contributed by atoms with van der Waals surface area (Å²) < 4.78 is 11.2. The van der Waals surface area contributed by atoms with Gasteiger partial charge in [0.1, 0.15) is 0 Å². The van der Waals surface area contributed by atoms with Crippen molar-refractivity contribution >= 4 is 50.6 Å². The molecule has 0 saturated carbocycles. The molecule has 8 nitrogen and oxygen atoms in total. The van der Waals surface area contributed by atoms with Crippen LogP contribution in [0.25, 0.3) is 6.08 Å². The van der Waals surface area contributed by atoms with Crippen LogP contribution in [0.2, 0.25) is 0 Å². The summed E-state index contributed by atoms with van der Waals surface area (Å²) in [6, 6.07) is 9.95. The molecule has 0 spiro atoms. The van der Waals surface area contributed by atoms with E-state index in [1.54, 1.807) is 6.07 Å². The number of ether oxygens (including phenoxy) is 2. The molecule has 0 aromatic heterocycles. The second-order valence-corrected chi connectivity index (χ2v) is 7.73. The van der Waals surface area contributed by atoms with Crippen LogP contribution in [-0.4, -0.2) is 27.8 Å². The van der Waals surface area contributed by atoms with Gasteiger partial charge < -0.3 is 9.47 Å². The van der Waals surface area contributed by atoms with Gasteiger partial charge in [-0.3, -0.25) is 24.6 Å². The molecule has 0 unspecified atom stereocenters. The molecule has 142 valence electrons. The van der Waals surface area contributed by atoms with E-state index in [0.29, 0.717) is 5.75 Å². The predicted octanol–water partition coefficient (Wildman–Crippen LogP) is 4.32. The summed E-state index contributed by atoms with van der Waals surface area (Å²) >= 11 is 4.14. The summed E-state index contributed by atoms with van der Waals surface area (Å²) in [5, 5.41) is 11.0. The van der Waals surface area contributed by atoms with E-state index in [1.165, 1.54) is 18.2 Å². The summed E-state index contributed by atoms with van der Waals surface area (Å²) in [6.07, 6.45) is 1.34. The molecule has 2 aromatic rings. The van der Waals surface area contributed by atoms with E-state index in [1.807, 2.05) is 18.2 Å². The lowest BCUT2D eigenvalue weighted by atomic mass is 10.1. The second-order valence-electron chi connectivity index (χ2n) is 5.88. The molecule has 2 aliphatic heterocycles. The van der Waals surface area contributed by atoms with Gasteiger partial charge in [-0.15, -0.1) is 0 Å². The number of halogens is 1. The monoisotopic (exact) mass is 462 g/mol. The molecule has 2 aromatic carbocycles. The van der Waals surface area contributed by atoms with Crippen molar-refractivity contribution in [2.24, 2.45) is 0 Å². The van der Waals surface area contributed by atoms with Crippen LogP contribution >= 0.6 is 27.7 Å². The van der Waals surface area contributed by atoms with Gasteiger partial charge in [0.15, 0.2) is 11.5 Å². The Labute approximate surface area is 171 Å². The molecule has 10 heteroatoms. The maximum atomic E-state index is 12.7. The largest absolute Gasteiger partial charge is 0.454 e. The second kappa shape index (κ2) is 7.28. The first-order chi connectivity index (χ1) is 13.4. The van der Waals surface area contributed by atoms with Gasteiger partial charge in [-0.1, -0.05) is 34.1 Å². The van der Waals surface area contributed by atoms with E-state index in [9.17, 15) is 19.7 Å². The van der Waals surface area contributed by atoms with Crippen molar-refractivity contribution in [3.8, 4) is 11.5 Å². The highest BCUT2D eigenvalue weighted by Crippen LogP contribution is 2.41. The van der Waals surface area contributed by atoms with Crippen LogP contribution in [-0.2, 0) is 11.3 Å². The lowest BCUT2D eigenvalue weighted by molar-refractivity contribution is -0.385. The van der Waals surface area contributed by atoms with Gasteiger partial charge in [0.05, 0.1) is 28.0 Å². The topological polar surface area (TPSA) is 99.0 Å². The lowest BCUT2D eigenvalue weighted by Gasteiger charge is -2.13. The van der Waals surface area contributed by atoms with Crippen LogP contribution in [0.15, 0.2) is 45.8 Å². The average molecular weight is 463 g/mol. The van der Waals surface area contributed by atoms with Crippen molar-refractivity contribution in [1.82, 2.24) is 4.90 Å². The van der Waals surface area contributed by atoms with E-state index >= 15 is 0 Å². The number of carbonyl (C=O) groups excluding carboxylic acids is 2. The minimum absolute atomic E-state index is 0.0294. The van der Waals surface area contributed by atoms with Crippen LogP contribution < -0.4 is 9.47 Å². The van der Waals surface area contributed by atoms with Crippen molar-refractivity contribution in [1.29, 1.82) is 0 Å². The van der Waals surface area contributed by atoms with Crippen LogP contribution in [0.5, 0.6) is 11.5 Å². The quantitative estimate of drug-likeness (QED) is 0.378. The number of thioether (sulfide) groups is 1. The number of imide groups is 1. The fourth-order valence-corrected chi connectivity index (χ4v) is 4.03. The average Bonchev–Trinajstić information content (AvgIpc) is 3.22. The number of fused-ring (bicyclic) bond motifs is 1. The minimum atomic E-state index is -0.570. The zero-order valence-electron chi connectivity index (χ0n) is 14.1. The summed E-state index contributed by atoms with van der Waals surface area (Å²) in [7, 11) is 0. The molecular formula is C18H11BrN2O6S. The maximum Gasteiger partial charge on any atom is 0.293 e. The molecule has 0 N–H and O–H groups in total. The highest BCUT2D eigenvalue weighted by molar-refractivity contribution is 9.10. The van der Waals surface area contributed by atoms with Gasteiger partial charge in [0.2, 0.25) is 6.79 Å². The fourth-order valence-electron chi connectivity index (χ4n) is 2.80. The predicted molar refractivity (Wildman–Crippen MR) is 105 cm³/mol. The molecule has 0 bridgehead atoms. The third-order valence-electron chi connectivity index (χ3n) is 4.17. The molecule has 28 heavy (non-hydrogen) atoms. The zero-order chi connectivity index (χ0) is 19.8. The summed E-state index contributed by atoms with van der Waals surface area (Å²) in [5.41, 5.74) is 0.711. The molecule has 0 radical (unpaired) electrons. The highest BCUT2D eigenvalue weighted by atomic mass is 79.9. The summed E-state index contributed by atoms with van der Waals surface area (Å²) in [6.45, 7) is 0.0745. The molecule has 2 amide bonds. The van der Waals surface area contributed by atoms with E-state index in [0.717, 1.165) is 26.7 Å². The standard InChI is InChI=1S/C18H11BrN2O6S/c19-12-4-2-1-3-10(12)8-20-17(22)16(28-18(20)23)6-11-5-14-15(27-9-26-14)7-13(11)21(24)25/h1-7H,8-9H2/b16-6-. The van der Waals surface area contributed by atoms with Crippen molar-refractivity contribution in [2.75, 3.05) is 6.79 Å². The van der Waals surface area contributed by atoms with E-state index in [4.69, 9.17) is 9.47 Å². The number of nitro groups is 1. The van der Waals surface area contributed by atoms with Gasteiger partial charge in [0.25, 0.3) is 16.8 Å². The molecule has 0 atom stereocenters. The van der Waals surface area contributed by atoms with E-state index in [-0.39, 0.29) is 35.2 Å². The van der Waals surface area contributed by atoms with Gasteiger partial charge in [-0.25, -0.2) is 0 Å². The Bertz CT molecular complexity index is 1050. The number of hydrogen-bond donors (Lipinski definition) is 0. The minimum Gasteiger partial charge on any atom is -0.454 e. The molecule has 4 rings (SSSR count). The first kappa shape index (κ1) is 18.5. The fraction of sp³-hybridized carbons (Fsp3) is 0.111. The third kappa shape index (κ3) is 3.36. The Hall–Kier alpha value is -2.85.